The Bertz CT molecular complexity index is 581. The first-order valence-electron chi connectivity index (χ1n) is 7.02. The van der Waals surface area contributed by atoms with Crippen LogP contribution in [0.15, 0.2) is 24.3 Å². The summed E-state index contributed by atoms with van der Waals surface area (Å²) in [5, 5.41) is 5.64. The van der Waals surface area contributed by atoms with Gasteiger partial charge in [-0.1, -0.05) is 23.9 Å². The molecule has 1 heterocycles. The molecule has 0 aromatic heterocycles. The minimum absolute atomic E-state index is 0. The number of amides is 3. The van der Waals surface area contributed by atoms with Crippen molar-refractivity contribution in [3.63, 3.8) is 0 Å². The van der Waals surface area contributed by atoms with Crippen LogP contribution in [0, 0.1) is 0 Å². The number of halogens is 1. The first-order chi connectivity index (χ1) is 10.5. The molecule has 1 unspecified atom stereocenters. The van der Waals surface area contributed by atoms with E-state index in [1.54, 1.807) is 24.3 Å². The van der Waals surface area contributed by atoms with Gasteiger partial charge in [0.15, 0.2) is 0 Å². The van der Waals surface area contributed by atoms with Gasteiger partial charge in [0, 0.05) is 18.2 Å². The van der Waals surface area contributed by atoms with Gasteiger partial charge in [0.25, 0.3) is 11.1 Å². The van der Waals surface area contributed by atoms with Gasteiger partial charge in [-0.25, -0.2) is 0 Å². The zero-order chi connectivity index (χ0) is 16.1. The lowest BCUT2D eigenvalue weighted by Gasteiger charge is -2.14. The summed E-state index contributed by atoms with van der Waals surface area (Å²) in [6.07, 6.45) is 0. The molecule has 1 atom stereocenters. The number of nitrogens with one attached hydrogen (secondary N) is 2. The van der Waals surface area contributed by atoms with Crippen LogP contribution >= 0.6 is 24.2 Å². The molecular formula is C15H20ClN3O3S. The maximum absolute atomic E-state index is 12.1. The lowest BCUT2D eigenvalue weighted by atomic mass is 10.1. The van der Waals surface area contributed by atoms with Crippen molar-refractivity contribution in [2.75, 3.05) is 19.3 Å². The fourth-order valence-electron chi connectivity index (χ4n) is 1.98. The van der Waals surface area contributed by atoms with Crippen molar-refractivity contribution in [1.82, 2.24) is 15.5 Å². The van der Waals surface area contributed by atoms with Crippen molar-refractivity contribution >= 4 is 41.2 Å². The van der Waals surface area contributed by atoms with E-state index >= 15 is 0 Å². The third-order valence-corrected chi connectivity index (χ3v) is 4.29. The highest BCUT2D eigenvalue weighted by Gasteiger charge is 2.29. The number of benzene rings is 1. The van der Waals surface area contributed by atoms with Crippen molar-refractivity contribution in [3.05, 3.63) is 35.4 Å². The van der Waals surface area contributed by atoms with Gasteiger partial charge in [-0.3, -0.25) is 19.3 Å². The second-order valence-electron chi connectivity index (χ2n) is 5.13. The number of carbonyl (C=O) groups excluding carboxylic acids is 3. The van der Waals surface area contributed by atoms with E-state index < -0.39 is 0 Å². The highest BCUT2D eigenvalue weighted by molar-refractivity contribution is 8.14. The quantitative estimate of drug-likeness (QED) is 0.809. The molecule has 1 aliphatic heterocycles. The summed E-state index contributed by atoms with van der Waals surface area (Å²) in [5.41, 5.74) is 1.28. The third kappa shape index (κ3) is 5.23. The second kappa shape index (κ2) is 8.90. The van der Waals surface area contributed by atoms with E-state index in [9.17, 15) is 14.4 Å². The molecule has 2 N–H and O–H groups in total. The lowest BCUT2D eigenvalue weighted by Crippen LogP contribution is -2.37. The number of rotatable bonds is 6. The van der Waals surface area contributed by atoms with E-state index in [1.165, 1.54) is 4.90 Å². The fraction of sp³-hybridized carbons (Fsp3) is 0.400. The first-order valence-corrected chi connectivity index (χ1v) is 8.01. The summed E-state index contributed by atoms with van der Waals surface area (Å²) in [5.74, 6) is -0.161. The van der Waals surface area contributed by atoms with Gasteiger partial charge in [0.1, 0.15) is 0 Å². The Hall–Kier alpha value is -1.57. The Balaban J connectivity index is 0.00000264. The molecule has 1 saturated heterocycles. The second-order valence-corrected chi connectivity index (χ2v) is 6.06. The number of imide groups is 1. The van der Waals surface area contributed by atoms with Gasteiger partial charge in [-0.05, 0) is 31.7 Å². The molecule has 8 heteroatoms. The minimum Gasteiger partial charge on any atom is -0.350 e. The SMILES string of the molecule is CNC(C)CNC(=O)c1cccc(CN2C(=O)CSC2=O)c1.Cl. The normalized spacial score (nSPS) is 15.3. The zero-order valence-corrected chi connectivity index (χ0v) is 14.6. The summed E-state index contributed by atoms with van der Waals surface area (Å²) in [7, 11) is 1.83. The van der Waals surface area contributed by atoms with E-state index in [-0.39, 0.29) is 47.8 Å². The van der Waals surface area contributed by atoms with Gasteiger partial charge in [0.2, 0.25) is 5.91 Å². The maximum atomic E-state index is 12.1. The van der Waals surface area contributed by atoms with Crippen LogP contribution in [0.4, 0.5) is 4.79 Å². The summed E-state index contributed by atoms with van der Waals surface area (Å²) in [6.45, 7) is 2.71. The molecular weight excluding hydrogens is 338 g/mol. The van der Waals surface area contributed by atoms with Gasteiger partial charge in [-0.15, -0.1) is 12.4 Å². The predicted octanol–water partition coefficient (Wildman–Crippen LogP) is 1.64. The number of thioether (sulfide) groups is 1. The van der Waals surface area contributed by atoms with E-state index in [4.69, 9.17) is 0 Å². The van der Waals surface area contributed by atoms with Gasteiger partial charge in [0.05, 0.1) is 12.3 Å². The largest absolute Gasteiger partial charge is 0.350 e. The van der Waals surface area contributed by atoms with Crippen LogP contribution in [0.5, 0.6) is 0 Å². The lowest BCUT2D eigenvalue weighted by molar-refractivity contribution is -0.125. The van der Waals surface area contributed by atoms with Gasteiger partial charge >= 0.3 is 0 Å². The molecule has 6 nitrogen and oxygen atoms in total. The van der Waals surface area contributed by atoms with Crippen LogP contribution in [0.1, 0.15) is 22.8 Å². The third-order valence-electron chi connectivity index (χ3n) is 3.43. The predicted molar refractivity (Wildman–Crippen MR) is 92.9 cm³/mol. The number of hydrogen-bond donors (Lipinski definition) is 2. The molecule has 0 aliphatic carbocycles. The summed E-state index contributed by atoms with van der Waals surface area (Å²) in [6, 6.07) is 7.17. The average Bonchev–Trinajstić information content (AvgIpc) is 2.84. The monoisotopic (exact) mass is 357 g/mol. The number of hydrogen-bond acceptors (Lipinski definition) is 5. The Morgan fingerprint density at radius 1 is 1.39 bits per heavy atom. The van der Waals surface area contributed by atoms with Crippen LogP contribution in [0.3, 0.4) is 0 Å². The maximum Gasteiger partial charge on any atom is 0.289 e. The highest BCUT2D eigenvalue weighted by Crippen LogP contribution is 2.21. The number of likely N-dealkylation sites (N-methyl/N-ethyl adjacent to an activating group) is 1. The van der Waals surface area contributed by atoms with Crippen LogP contribution < -0.4 is 10.6 Å². The molecule has 0 spiro atoms. The van der Waals surface area contributed by atoms with Crippen molar-refractivity contribution in [1.29, 1.82) is 0 Å². The molecule has 23 heavy (non-hydrogen) atoms. The summed E-state index contributed by atoms with van der Waals surface area (Å²) in [4.78, 5) is 36.5. The molecule has 0 bridgehead atoms. The Morgan fingerprint density at radius 2 is 2.13 bits per heavy atom. The van der Waals surface area contributed by atoms with E-state index in [1.807, 2.05) is 14.0 Å². The van der Waals surface area contributed by atoms with E-state index in [0.29, 0.717) is 12.1 Å². The average molecular weight is 358 g/mol. The topological polar surface area (TPSA) is 78.5 Å². The Kier molecular flexibility index (Phi) is 7.54. The van der Waals surface area contributed by atoms with Crippen LogP contribution in [-0.4, -0.2) is 47.3 Å². The molecule has 1 aromatic carbocycles. The molecule has 2 rings (SSSR count). The molecule has 0 radical (unpaired) electrons. The van der Waals surface area contributed by atoms with Gasteiger partial charge < -0.3 is 10.6 Å². The molecule has 1 fully saturated rings. The van der Waals surface area contributed by atoms with Crippen LogP contribution in [0.2, 0.25) is 0 Å². The smallest absolute Gasteiger partial charge is 0.289 e. The molecule has 1 aromatic rings. The summed E-state index contributed by atoms with van der Waals surface area (Å²) < 4.78 is 0. The Morgan fingerprint density at radius 3 is 2.74 bits per heavy atom. The summed E-state index contributed by atoms with van der Waals surface area (Å²) >= 11 is 1.01. The van der Waals surface area contributed by atoms with Crippen LogP contribution in [-0.2, 0) is 11.3 Å². The number of carbonyl (C=O) groups is 3. The van der Waals surface area contributed by atoms with Gasteiger partial charge in [-0.2, -0.15) is 0 Å². The molecule has 0 saturated carbocycles. The van der Waals surface area contributed by atoms with Crippen molar-refractivity contribution < 1.29 is 14.4 Å². The van der Waals surface area contributed by atoms with Crippen molar-refractivity contribution in [3.8, 4) is 0 Å². The minimum atomic E-state index is -0.234. The fourth-order valence-corrected chi connectivity index (χ4v) is 2.70. The van der Waals surface area contributed by atoms with E-state index in [0.717, 1.165) is 17.3 Å². The van der Waals surface area contributed by atoms with Crippen LogP contribution in [0.25, 0.3) is 0 Å². The molecule has 3 amide bonds. The van der Waals surface area contributed by atoms with Crippen molar-refractivity contribution in [2.24, 2.45) is 0 Å². The first kappa shape index (κ1) is 19.5. The molecule has 1 aliphatic rings. The van der Waals surface area contributed by atoms with E-state index in [2.05, 4.69) is 10.6 Å². The standard InChI is InChI=1S/C15H19N3O3S.ClH/c1-10(16-2)7-17-14(20)12-5-3-4-11(6-12)8-18-13(19)9-22-15(18)21;/h3-6,10,16H,7-9H2,1-2H3,(H,17,20);1H. The van der Waals surface area contributed by atoms with Crippen molar-refractivity contribution in [2.45, 2.75) is 19.5 Å². The highest BCUT2D eigenvalue weighted by atomic mass is 35.5. The zero-order valence-electron chi connectivity index (χ0n) is 13.0. The Labute approximate surface area is 145 Å². The number of nitrogens with zero attached hydrogens (tertiary/aromatic N) is 1. The molecule has 126 valence electrons.